The molecule has 2 heterocycles. The van der Waals surface area contributed by atoms with Gasteiger partial charge in [0.2, 0.25) is 17.5 Å². The average molecular weight is 421 g/mol. The summed E-state index contributed by atoms with van der Waals surface area (Å²) in [4.78, 5) is 6.87. The summed E-state index contributed by atoms with van der Waals surface area (Å²) in [6, 6.07) is 18.2. The van der Waals surface area contributed by atoms with Crippen molar-refractivity contribution in [1.29, 1.82) is 5.26 Å². The maximum absolute atomic E-state index is 9.55. The van der Waals surface area contributed by atoms with Gasteiger partial charge in [-0.2, -0.15) is 10.2 Å². The Morgan fingerprint density at radius 2 is 1.80 bits per heavy atom. The molecule has 6 heteroatoms. The van der Waals surface area contributed by atoms with Gasteiger partial charge in [-0.25, -0.2) is 0 Å². The molecule has 0 aliphatic carbocycles. The van der Waals surface area contributed by atoms with Gasteiger partial charge in [-0.3, -0.25) is 4.90 Å². The van der Waals surface area contributed by atoms with Crippen LogP contribution in [0.4, 0.5) is 5.88 Å². The first kappa shape index (κ1) is 20.5. The summed E-state index contributed by atoms with van der Waals surface area (Å²) < 4.78 is 5.94. The summed E-state index contributed by atoms with van der Waals surface area (Å²) in [5.41, 5.74) is 3.50. The molecular weight excluding hydrogens is 396 g/mol. The standard InChI is InChI=1S/C24H25ClN4O/c1-17-5-7-19(8-6-17)23-28-21(15-26)24(30-23)27-16-22(29-13-3-2-4-14-29)18-9-11-20(25)12-10-18/h5-12,22,27H,2-4,13-14,16H2,1H3/t22-/m1/s1. The number of halogens is 1. The summed E-state index contributed by atoms with van der Waals surface area (Å²) in [7, 11) is 0. The smallest absolute Gasteiger partial charge is 0.232 e. The van der Waals surface area contributed by atoms with Gasteiger partial charge in [0, 0.05) is 17.1 Å². The number of nitrogens with zero attached hydrogens (tertiary/aromatic N) is 3. The molecule has 2 aromatic carbocycles. The van der Waals surface area contributed by atoms with E-state index < -0.39 is 0 Å². The van der Waals surface area contributed by atoms with Crippen molar-refractivity contribution in [2.45, 2.75) is 32.2 Å². The maximum Gasteiger partial charge on any atom is 0.232 e. The Hall–Kier alpha value is -2.81. The van der Waals surface area contributed by atoms with Crippen molar-refractivity contribution in [1.82, 2.24) is 9.88 Å². The molecule has 0 spiro atoms. The molecule has 1 N–H and O–H groups in total. The number of nitriles is 1. The first-order valence-corrected chi connectivity index (χ1v) is 10.7. The van der Waals surface area contributed by atoms with Crippen LogP contribution < -0.4 is 5.32 Å². The zero-order chi connectivity index (χ0) is 20.9. The SMILES string of the molecule is Cc1ccc(-c2nc(C#N)c(NC[C@H](c3ccc(Cl)cc3)N3CCCCC3)o2)cc1. The molecule has 3 aromatic rings. The normalized spacial score (nSPS) is 15.5. The summed E-state index contributed by atoms with van der Waals surface area (Å²) >= 11 is 6.10. The maximum atomic E-state index is 9.55. The molecule has 0 amide bonds. The topological polar surface area (TPSA) is 65.1 Å². The van der Waals surface area contributed by atoms with Crippen LogP contribution in [0.2, 0.25) is 5.02 Å². The van der Waals surface area contributed by atoms with Crippen LogP contribution >= 0.6 is 11.6 Å². The van der Waals surface area contributed by atoms with Gasteiger partial charge in [-0.1, -0.05) is 47.9 Å². The van der Waals surface area contributed by atoms with Crippen LogP contribution in [0.25, 0.3) is 11.5 Å². The Morgan fingerprint density at radius 1 is 1.10 bits per heavy atom. The summed E-state index contributed by atoms with van der Waals surface area (Å²) in [6.07, 6.45) is 3.68. The number of piperidine rings is 1. The highest BCUT2D eigenvalue weighted by molar-refractivity contribution is 6.30. The van der Waals surface area contributed by atoms with Crippen LogP contribution in [0.1, 0.15) is 42.1 Å². The number of aromatic nitrogens is 1. The number of oxazole rings is 1. The van der Waals surface area contributed by atoms with Gasteiger partial charge in [-0.15, -0.1) is 0 Å². The van der Waals surface area contributed by atoms with E-state index in [1.54, 1.807) is 0 Å². The summed E-state index contributed by atoms with van der Waals surface area (Å²) in [5, 5.41) is 13.6. The first-order chi connectivity index (χ1) is 14.6. The predicted molar refractivity (Wildman–Crippen MR) is 119 cm³/mol. The van der Waals surface area contributed by atoms with Gasteiger partial charge in [0.25, 0.3) is 0 Å². The van der Waals surface area contributed by atoms with Gasteiger partial charge >= 0.3 is 0 Å². The van der Waals surface area contributed by atoms with Gasteiger partial charge in [0.1, 0.15) is 6.07 Å². The molecule has 1 aromatic heterocycles. The zero-order valence-corrected chi connectivity index (χ0v) is 17.8. The molecule has 1 aliphatic rings. The minimum absolute atomic E-state index is 0.169. The fourth-order valence-corrected chi connectivity index (χ4v) is 4.02. The average Bonchev–Trinajstić information content (AvgIpc) is 3.19. The molecule has 1 saturated heterocycles. The van der Waals surface area contributed by atoms with Crippen LogP contribution in [0.5, 0.6) is 0 Å². The van der Waals surface area contributed by atoms with Crippen molar-refractivity contribution in [3.8, 4) is 17.5 Å². The molecule has 0 unspecified atom stereocenters. The lowest BCUT2D eigenvalue weighted by Gasteiger charge is -2.35. The van der Waals surface area contributed by atoms with E-state index in [0.717, 1.165) is 29.2 Å². The molecule has 30 heavy (non-hydrogen) atoms. The number of rotatable bonds is 6. The van der Waals surface area contributed by atoms with Crippen LogP contribution in [-0.4, -0.2) is 29.5 Å². The third kappa shape index (κ3) is 4.67. The van der Waals surface area contributed by atoms with E-state index in [1.807, 2.05) is 43.3 Å². The van der Waals surface area contributed by atoms with Crippen molar-refractivity contribution < 1.29 is 4.42 Å². The highest BCUT2D eigenvalue weighted by Crippen LogP contribution is 2.29. The molecule has 154 valence electrons. The second-order valence-electron chi connectivity index (χ2n) is 7.72. The number of hydrogen-bond acceptors (Lipinski definition) is 5. The lowest BCUT2D eigenvalue weighted by atomic mass is 10.0. The lowest BCUT2D eigenvalue weighted by Crippen LogP contribution is -2.37. The van der Waals surface area contributed by atoms with Crippen molar-refractivity contribution in [2.75, 3.05) is 25.0 Å². The molecule has 1 aliphatic heterocycles. The van der Waals surface area contributed by atoms with Gasteiger partial charge < -0.3 is 9.73 Å². The van der Waals surface area contributed by atoms with Crippen LogP contribution in [-0.2, 0) is 0 Å². The van der Waals surface area contributed by atoms with Crippen molar-refractivity contribution in [3.63, 3.8) is 0 Å². The van der Waals surface area contributed by atoms with Gasteiger partial charge in [0.15, 0.2) is 0 Å². The molecule has 0 saturated carbocycles. The molecule has 4 rings (SSSR count). The Balaban J connectivity index is 1.56. The van der Waals surface area contributed by atoms with Crippen molar-refractivity contribution in [3.05, 3.63) is 70.4 Å². The van der Waals surface area contributed by atoms with E-state index in [4.69, 9.17) is 16.0 Å². The van der Waals surface area contributed by atoms with E-state index in [-0.39, 0.29) is 11.7 Å². The fourth-order valence-electron chi connectivity index (χ4n) is 3.90. The second kappa shape index (κ2) is 9.34. The minimum Gasteiger partial charge on any atom is -0.419 e. The van der Waals surface area contributed by atoms with Crippen LogP contribution in [0.15, 0.2) is 52.9 Å². The third-order valence-corrected chi connectivity index (χ3v) is 5.83. The van der Waals surface area contributed by atoms with Gasteiger partial charge in [-0.05, 0) is 62.7 Å². The van der Waals surface area contributed by atoms with E-state index in [1.165, 1.54) is 24.8 Å². The molecule has 1 atom stereocenters. The van der Waals surface area contributed by atoms with Crippen LogP contribution in [0, 0.1) is 18.3 Å². The second-order valence-corrected chi connectivity index (χ2v) is 8.16. The van der Waals surface area contributed by atoms with E-state index in [9.17, 15) is 5.26 Å². The Kier molecular flexibility index (Phi) is 6.37. The van der Waals surface area contributed by atoms with Crippen molar-refractivity contribution in [2.24, 2.45) is 0 Å². The third-order valence-electron chi connectivity index (χ3n) is 5.57. The number of aryl methyl sites for hydroxylation is 1. The summed E-state index contributed by atoms with van der Waals surface area (Å²) in [6.45, 7) is 4.78. The number of benzene rings is 2. The van der Waals surface area contributed by atoms with Gasteiger partial charge in [0.05, 0.1) is 6.04 Å². The number of anilines is 1. The molecule has 0 bridgehead atoms. The fraction of sp³-hybridized carbons (Fsp3) is 0.333. The van der Waals surface area contributed by atoms with E-state index in [0.29, 0.717) is 18.3 Å². The Bertz CT molecular complexity index is 1010. The Labute approximate surface area is 182 Å². The molecule has 1 fully saturated rings. The molecular formula is C24H25ClN4O. The largest absolute Gasteiger partial charge is 0.419 e. The highest BCUT2D eigenvalue weighted by atomic mass is 35.5. The van der Waals surface area contributed by atoms with E-state index in [2.05, 4.69) is 33.4 Å². The predicted octanol–water partition coefficient (Wildman–Crippen LogP) is 5.81. The quantitative estimate of drug-likeness (QED) is 0.544. The Morgan fingerprint density at radius 3 is 2.47 bits per heavy atom. The van der Waals surface area contributed by atoms with Crippen molar-refractivity contribution >= 4 is 17.5 Å². The minimum atomic E-state index is 0.169. The van der Waals surface area contributed by atoms with Crippen LogP contribution in [0.3, 0.4) is 0 Å². The summed E-state index contributed by atoms with van der Waals surface area (Å²) in [5.74, 6) is 0.874. The lowest BCUT2D eigenvalue weighted by molar-refractivity contribution is 0.170. The highest BCUT2D eigenvalue weighted by Gasteiger charge is 2.24. The molecule has 5 nitrogen and oxygen atoms in total. The monoisotopic (exact) mass is 420 g/mol. The zero-order valence-electron chi connectivity index (χ0n) is 17.1. The number of nitrogens with one attached hydrogen (secondary N) is 1. The first-order valence-electron chi connectivity index (χ1n) is 10.4. The number of likely N-dealkylation sites (tertiary alicyclic amines) is 1. The number of hydrogen-bond donors (Lipinski definition) is 1. The van der Waals surface area contributed by atoms with E-state index >= 15 is 0 Å². The molecule has 0 radical (unpaired) electrons.